The zero-order valence-corrected chi connectivity index (χ0v) is 15.7. The number of aromatic nitrogens is 2. The van der Waals surface area contributed by atoms with Crippen molar-refractivity contribution >= 4 is 11.6 Å². The summed E-state index contributed by atoms with van der Waals surface area (Å²) in [5.74, 6) is -0.502. The van der Waals surface area contributed by atoms with Crippen molar-refractivity contribution in [3.05, 3.63) is 53.9 Å². The Kier molecular flexibility index (Phi) is 4.87. The van der Waals surface area contributed by atoms with Gasteiger partial charge in [-0.25, -0.2) is 8.78 Å². The summed E-state index contributed by atoms with van der Waals surface area (Å²) < 4.78 is 43.0. The van der Waals surface area contributed by atoms with Gasteiger partial charge in [-0.15, -0.1) is 0 Å². The van der Waals surface area contributed by atoms with Crippen LogP contribution in [0, 0.1) is 11.6 Å². The van der Waals surface area contributed by atoms with Gasteiger partial charge in [-0.05, 0) is 30.3 Å². The smallest absolute Gasteiger partial charge is 0.232 e. The lowest BCUT2D eigenvalue weighted by Gasteiger charge is -2.16. The molecule has 0 spiro atoms. The Balaban J connectivity index is 1.57. The van der Waals surface area contributed by atoms with Crippen molar-refractivity contribution in [3.63, 3.8) is 0 Å². The van der Waals surface area contributed by atoms with Crippen LogP contribution in [-0.4, -0.2) is 36.8 Å². The second kappa shape index (κ2) is 7.50. The lowest BCUT2D eigenvalue weighted by molar-refractivity contribution is -0.117. The SMILES string of the molecule is COc1ccc(-c2noc(C3CC(=O)N(c4ccc(F)cc4F)C3)n2)cc1OC. The van der Waals surface area contributed by atoms with E-state index in [9.17, 15) is 13.6 Å². The molecule has 1 saturated heterocycles. The first-order valence-corrected chi connectivity index (χ1v) is 8.81. The van der Waals surface area contributed by atoms with Crippen LogP contribution < -0.4 is 14.4 Å². The number of halogens is 2. The lowest BCUT2D eigenvalue weighted by atomic mass is 10.1. The minimum absolute atomic E-state index is 0.0264. The second-order valence-corrected chi connectivity index (χ2v) is 6.53. The van der Waals surface area contributed by atoms with E-state index in [-0.39, 0.29) is 30.5 Å². The topological polar surface area (TPSA) is 77.7 Å². The van der Waals surface area contributed by atoms with Crippen LogP contribution in [0.1, 0.15) is 18.2 Å². The third-order valence-electron chi connectivity index (χ3n) is 4.76. The first kappa shape index (κ1) is 18.9. The molecule has 0 saturated carbocycles. The maximum Gasteiger partial charge on any atom is 0.232 e. The molecule has 1 aliphatic heterocycles. The monoisotopic (exact) mass is 401 g/mol. The lowest BCUT2D eigenvalue weighted by Crippen LogP contribution is -2.25. The number of nitrogens with zero attached hydrogens (tertiary/aromatic N) is 3. The van der Waals surface area contributed by atoms with Crippen molar-refractivity contribution in [3.8, 4) is 22.9 Å². The molecule has 29 heavy (non-hydrogen) atoms. The van der Waals surface area contributed by atoms with E-state index in [1.165, 1.54) is 25.2 Å². The van der Waals surface area contributed by atoms with Crippen LogP contribution in [0.25, 0.3) is 11.4 Å². The molecule has 2 aromatic carbocycles. The van der Waals surface area contributed by atoms with Gasteiger partial charge in [0, 0.05) is 24.6 Å². The molecule has 1 unspecified atom stereocenters. The highest BCUT2D eigenvalue weighted by molar-refractivity contribution is 5.96. The molecule has 3 aromatic rings. The first-order valence-electron chi connectivity index (χ1n) is 8.81. The number of methoxy groups -OCH3 is 2. The Labute approximate surface area is 164 Å². The van der Waals surface area contributed by atoms with E-state index < -0.39 is 17.6 Å². The van der Waals surface area contributed by atoms with E-state index >= 15 is 0 Å². The van der Waals surface area contributed by atoms with E-state index in [0.29, 0.717) is 22.9 Å². The van der Waals surface area contributed by atoms with Crippen LogP contribution in [0.5, 0.6) is 11.5 Å². The Morgan fingerprint density at radius 2 is 1.90 bits per heavy atom. The average molecular weight is 401 g/mol. The average Bonchev–Trinajstić information content (AvgIpc) is 3.34. The van der Waals surface area contributed by atoms with Gasteiger partial charge in [0.05, 0.1) is 25.8 Å². The highest BCUT2D eigenvalue weighted by Crippen LogP contribution is 2.35. The van der Waals surface area contributed by atoms with Crippen LogP contribution in [-0.2, 0) is 4.79 Å². The Bertz CT molecular complexity index is 1070. The highest BCUT2D eigenvalue weighted by Gasteiger charge is 2.36. The summed E-state index contributed by atoms with van der Waals surface area (Å²) >= 11 is 0. The largest absolute Gasteiger partial charge is 0.493 e. The van der Waals surface area contributed by atoms with Gasteiger partial charge in [0.1, 0.15) is 11.6 Å². The van der Waals surface area contributed by atoms with Gasteiger partial charge in [0.15, 0.2) is 11.5 Å². The molecular formula is C20H17F2N3O4. The number of anilines is 1. The van der Waals surface area contributed by atoms with E-state index in [0.717, 1.165) is 12.1 Å². The van der Waals surface area contributed by atoms with Crippen LogP contribution in [0.15, 0.2) is 40.9 Å². The zero-order chi connectivity index (χ0) is 20.5. The third-order valence-corrected chi connectivity index (χ3v) is 4.76. The fourth-order valence-corrected chi connectivity index (χ4v) is 3.30. The number of carbonyl (C=O) groups is 1. The Morgan fingerprint density at radius 1 is 1.10 bits per heavy atom. The van der Waals surface area contributed by atoms with Crippen molar-refractivity contribution in [1.29, 1.82) is 0 Å². The molecule has 150 valence electrons. The summed E-state index contributed by atoms with van der Waals surface area (Å²) in [5, 5.41) is 3.98. The molecule has 2 heterocycles. The number of hydrogen-bond acceptors (Lipinski definition) is 6. The van der Waals surface area contributed by atoms with Crippen LogP contribution >= 0.6 is 0 Å². The summed E-state index contributed by atoms with van der Waals surface area (Å²) in [4.78, 5) is 18.0. The molecule has 1 fully saturated rings. The molecule has 7 nitrogen and oxygen atoms in total. The predicted molar refractivity (Wildman–Crippen MR) is 98.9 cm³/mol. The molecule has 0 aliphatic carbocycles. The fourth-order valence-electron chi connectivity index (χ4n) is 3.30. The van der Waals surface area contributed by atoms with Gasteiger partial charge in [0.25, 0.3) is 0 Å². The molecule has 1 amide bonds. The molecule has 4 rings (SSSR count). The van der Waals surface area contributed by atoms with Gasteiger partial charge in [-0.2, -0.15) is 4.98 Å². The maximum atomic E-state index is 14.1. The minimum atomic E-state index is -0.796. The number of amides is 1. The van der Waals surface area contributed by atoms with Gasteiger partial charge >= 0.3 is 0 Å². The number of rotatable bonds is 5. The van der Waals surface area contributed by atoms with Crippen molar-refractivity contribution in [2.45, 2.75) is 12.3 Å². The summed E-state index contributed by atoms with van der Waals surface area (Å²) in [5.41, 5.74) is 0.682. The van der Waals surface area contributed by atoms with Crippen molar-refractivity contribution in [2.24, 2.45) is 0 Å². The van der Waals surface area contributed by atoms with Crippen LogP contribution in [0.3, 0.4) is 0 Å². The van der Waals surface area contributed by atoms with Crippen molar-refractivity contribution in [2.75, 3.05) is 25.7 Å². The van der Waals surface area contributed by atoms with Crippen LogP contribution in [0.4, 0.5) is 14.5 Å². The summed E-state index contributed by atoms with van der Waals surface area (Å²) in [6, 6.07) is 8.30. The molecule has 1 atom stereocenters. The van der Waals surface area contributed by atoms with E-state index in [1.54, 1.807) is 18.2 Å². The molecule has 1 aromatic heterocycles. The summed E-state index contributed by atoms with van der Waals surface area (Å²) in [6.07, 6.45) is 0.0877. The number of carbonyl (C=O) groups excluding carboxylic acids is 1. The minimum Gasteiger partial charge on any atom is -0.493 e. The molecule has 1 aliphatic rings. The van der Waals surface area contributed by atoms with E-state index in [2.05, 4.69) is 10.1 Å². The fraction of sp³-hybridized carbons (Fsp3) is 0.250. The Hall–Kier alpha value is -3.49. The van der Waals surface area contributed by atoms with E-state index in [4.69, 9.17) is 14.0 Å². The predicted octanol–water partition coefficient (Wildman–Crippen LogP) is 3.55. The molecule has 0 bridgehead atoms. The van der Waals surface area contributed by atoms with Gasteiger partial charge in [0.2, 0.25) is 17.6 Å². The maximum absolute atomic E-state index is 14.1. The number of hydrogen-bond donors (Lipinski definition) is 0. The molecular weight excluding hydrogens is 384 g/mol. The van der Waals surface area contributed by atoms with Crippen molar-refractivity contribution < 1.29 is 27.6 Å². The summed E-state index contributed by atoms with van der Waals surface area (Å²) in [6.45, 7) is 0.162. The van der Waals surface area contributed by atoms with Gasteiger partial charge in [-0.1, -0.05) is 5.16 Å². The normalized spacial score (nSPS) is 16.3. The standard InChI is InChI=1S/C20H17F2N3O4/c1-27-16-6-3-11(7-17(16)28-2)19-23-20(29-24-19)12-8-18(26)25(10-12)15-5-4-13(21)9-14(15)22/h3-7,9,12H,8,10H2,1-2H3. The third kappa shape index (κ3) is 3.51. The molecule has 9 heteroatoms. The second-order valence-electron chi connectivity index (χ2n) is 6.53. The number of ether oxygens (including phenoxy) is 2. The van der Waals surface area contributed by atoms with Gasteiger partial charge in [-0.3, -0.25) is 4.79 Å². The Morgan fingerprint density at radius 3 is 2.62 bits per heavy atom. The molecule has 0 N–H and O–H groups in total. The van der Waals surface area contributed by atoms with Crippen LogP contribution in [0.2, 0.25) is 0 Å². The summed E-state index contributed by atoms with van der Waals surface area (Å²) in [7, 11) is 3.06. The zero-order valence-electron chi connectivity index (χ0n) is 15.7. The first-order chi connectivity index (χ1) is 14.0. The van der Waals surface area contributed by atoms with Gasteiger partial charge < -0.3 is 18.9 Å². The number of benzene rings is 2. The highest BCUT2D eigenvalue weighted by atomic mass is 19.1. The van der Waals surface area contributed by atoms with Crippen molar-refractivity contribution in [1.82, 2.24) is 10.1 Å². The quantitative estimate of drug-likeness (QED) is 0.651. The van der Waals surface area contributed by atoms with E-state index in [1.807, 2.05) is 0 Å². The molecule has 0 radical (unpaired) electrons.